The van der Waals surface area contributed by atoms with Crippen LogP contribution in [-0.4, -0.2) is 24.4 Å². The Hall–Kier alpha value is -0.0800. The lowest BCUT2D eigenvalue weighted by Gasteiger charge is -2.08. The van der Waals surface area contributed by atoms with E-state index in [4.69, 9.17) is 4.74 Å². The van der Waals surface area contributed by atoms with Crippen LogP contribution in [0.4, 0.5) is 0 Å². The van der Waals surface area contributed by atoms with Gasteiger partial charge in [-0.15, -0.1) is 0 Å². The predicted molar refractivity (Wildman–Crippen MR) is 44.5 cm³/mol. The van der Waals surface area contributed by atoms with Gasteiger partial charge in [-0.2, -0.15) is 0 Å². The van der Waals surface area contributed by atoms with Crippen molar-refractivity contribution in [3.8, 4) is 0 Å². The molecule has 1 rings (SSSR count). The molecule has 0 saturated heterocycles. The van der Waals surface area contributed by atoms with Crippen LogP contribution in [-0.2, 0) is 4.74 Å². The molecule has 2 nitrogen and oxygen atoms in total. The fourth-order valence-electron chi connectivity index (χ4n) is 1.17. The predicted octanol–water partition coefficient (Wildman–Crippen LogP) is 1.57. The fraction of sp³-hybridized carbons (Fsp3) is 1.00. The molecule has 0 heterocycles. The Morgan fingerprint density at radius 1 is 1.45 bits per heavy atom. The zero-order valence-electron chi connectivity index (χ0n) is 7.25. The quantitative estimate of drug-likeness (QED) is 0.595. The number of rotatable bonds is 6. The summed E-state index contributed by atoms with van der Waals surface area (Å²) in [6, 6.07) is 0. The highest BCUT2D eigenvalue weighted by Crippen LogP contribution is 2.33. The third-order valence-corrected chi connectivity index (χ3v) is 2.07. The van der Waals surface area contributed by atoms with E-state index in [1.165, 1.54) is 12.8 Å². The average molecular weight is 158 g/mol. The molecule has 1 fully saturated rings. The van der Waals surface area contributed by atoms with Crippen LogP contribution in [0.15, 0.2) is 0 Å². The molecule has 1 unspecified atom stereocenters. The Kier molecular flexibility index (Phi) is 3.87. The zero-order valence-corrected chi connectivity index (χ0v) is 7.25. The summed E-state index contributed by atoms with van der Waals surface area (Å²) in [5.41, 5.74) is 0. The van der Waals surface area contributed by atoms with Crippen LogP contribution in [0.5, 0.6) is 0 Å². The molecule has 0 aromatic carbocycles. The Morgan fingerprint density at radius 2 is 2.18 bits per heavy atom. The molecule has 1 N–H and O–H groups in total. The van der Waals surface area contributed by atoms with Crippen molar-refractivity contribution in [3.63, 3.8) is 0 Å². The van der Waals surface area contributed by atoms with Gasteiger partial charge >= 0.3 is 0 Å². The third kappa shape index (κ3) is 3.73. The summed E-state index contributed by atoms with van der Waals surface area (Å²) in [4.78, 5) is 0. The molecular weight excluding hydrogens is 140 g/mol. The molecule has 0 amide bonds. The summed E-state index contributed by atoms with van der Waals surface area (Å²) in [5, 5.41) is 9.41. The van der Waals surface area contributed by atoms with Crippen molar-refractivity contribution in [2.24, 2.45) is 5.92 Å². The number of hydrogen-bond acceptors (Lipinski definition) is 2. The van der Waals surface area contributed by atoms with Crippen molar-refractivity contribution in [2.75, 3.05) is 13.2 Å². The van der Waals surface area contributed by atoms with Gasteiger partial charge in [-0.25, -0.2) is 0 Å². The van der Waals surface area contributed by atoms with Crippen molar-refractivity contribution >= 4 is 0 Å². The van der Waals surface area contributed by atoms with Crippen LogP contribution in [0.1, 0.15) is 32.6 Å². The molecule has 1 aliphatic rings. The molecule has 0 aromatic rings. The van der Waals surface area contributed by atoms with Crippen LogP contribution < -0.4 is 0 Å². The molecule has 0 radical (unpaired) electrons. The van der Waals surface area contributed by atoms with E-state index in [9.17, 15) is 5.11 Å². The summed E-state index contributed by atoms with van der Waals surface area (Å²) < 4.78 is 5.27. The number of hydrogen-bond donors (Lipinski definition) is 1. The molecule has 1 atom stereocenters. The smallest absolute Gasteiger partial charge is 0.0590 e. The minimum atomic E-state index is -0.0909. The maximum Gasteiger partial charge on any atom is 0.0590 e. The van der Waals surface area contributed by atoms with Gasteiger partial charge in [0.25, 0.3) is 0 Å². The largest absolute Gasteiger partial charge is 0.393 e. The van der Waals surface area contributed by atoms with E-state index >= 15 is 0 Å². The Labute approximate surface area is 68.6 Å². The van der Waals surface area contributed by atoms with Crippen LogP contribution in [0.3, 0.4) is 0 Å². The number of aliphatic hydroxyl groups excluding tert-OH is 1. The van der Waals surface area contributed by atoms with Gasteiger partial charge in [0.15, 0.2) is 0 Å². The van der Waals surface area contributed by atoms with E-state index in [-0.39, 0.29) is 6.10 Å². The number of aliphatic hydroxyl groups is 1. The summed E-state index contributed by atoms with van der Waals surface area (Å²) in [6.45, 7) is 3.65. The summed E-state index contributed by atoms with van der Waals surface area (Å²) in [6.07, 6.45) is 4.24. The Morgan fingerprint density at radius 3 is 2.73 bits per heavy atom. The second kappa shape index (κ2) is 4.73. The third-order valence-electron chi connectivity index (χ3n) is 2.07. The van der Waals surface area contributed by atoms with Crippen LogP contribution in [0.2, 0.25) is 0 Å². The van der Waals surface area contributed by atoms with Crippen molar-refractivity contribution in [2.45, 2.75) is 38.7 Å². The van der Waals surface area contributed by atoms with Gasteiger partial charge in [0.1, 0.15) is 0 Å². The Bertz CT molecular complexity index is 99.7. The second-order valence-electron chi connectivity index (χ2n) is 3.31. The van der Waals surface area contributed by atoms with Crippen molar-refractivity contribution < 1.29 is 9.84 Å². The first-order chi connectivity index (χ1) is 5.34. The highest BCUT2D eigenvalue weighted by molar-refractivity contribution is 4.80. The summed E-state index contributed by atoms with van der Waals surface area (Å²) >= 11 is 0. The molecule has 0 bridgehead atoms. The van der Waals surface area contributed by atoms with Gasteiger partial charge < -0.3 is 9.84 Å². The van der Waals surface area contributed by atoms with Gasteiger partial charge in [-0.05, 0) is 31.6 Å². The minimum absolute atomic E-state index is 0.0909. The van der Waals surface area contributed by atoms with Crippen molar-refractivity contribution in [3.05, 3.63) is 0 Å². The fourth-order valence-corrected chi connectivity index (χ4v) is 1.17. The van der Waals surface area contributed by atoms with Gasteiger partial charge in [-0.1, -0.05) is 6.92 Å². The normalized spacial score (nSPS) is 20.2. The van der Waals surface area contributed by atoms with Gasteiger partial charge in [0, 0.05) is 13.2 Å². The molecule has 66 valence electrons. The molecule has 1 saturated carbocycles. The molecule has 1 aliphatic carbocycles. The Balaban J connectivity index is 1.85. The second-order valence-corrected chi connectivity index (χ2v) is 3.31. The van der Waals surface area contributed by atoms with Crippen LogP contribution >= 0.6 is 0 Å². The van der Waals surface area contributed by atoms with Crippen LogP contribution in [0.25, 0.3) is 0 Å². The maximum absolute atomic E-state index is 9.41. The van der Waals surface area contributed by atoms with E-state index in [1.807, 2.05) is 0 Å². The van der Waals surface area contributed by atoms with Crippen molar-refractivity contribution in [1.82, 2.24) is 0 Å². The van der Waals surface area contributed by atoms with E-state index in [0.717, 1.165) is 26.1 Å². The highest BCUT2D eigenvalue weighted by atomic mass is 16.5. The molecule has 2 heteroatoms. The maximum atomic E-state index is 9.41. The first-order valence-electron chi connectivity index (χ1n) is 4.60. The van der Waals surface area contributed by atoms with E-state index in [0.29, 0.717) is 5.92 Å². The van der Waals surface area contributed by atoms with E-state index in [2.05, 4.69) is 6.92 Å². The van der Waals surface area contributed by atoms with Crippen molar-refractivity contribution in [1.29, 1.82) is 0 Å². The average Bonchev–Trinajstić information content (AvgIpc) is 2.79. The zero-order chi connectivity index (χ0) is 8.10. The topological polar surface area (TPSA) is 29.5 Å². The molecule has 0 spiro atoms. The summed E-state index contributed by atoms with van der Waals surface area (Å²) in [5.74, 6) is 0.597. The lowest BCUT2D eigenvalue weighted by Crippen LogP contribution is -2.12. The van der Waals surface area contributed by atoms with Gasteiger partial charge in [-0.3, -0.25) is 0 Å². The highest BCUT2D eigenvalue weighted by Gasteiger charge is 2.28. The van der Waals surface area contributed by atoms with E-state index in [1.54, 1.807) is 0 Å². The summed E-state index contributed by atoms with van der Waals surface area (Å²) in [7, 11) is 0. The SMILES string of the molecule is CCCOCCC(O)C1CC1. The molecular formula is C9H18O2. The first-order valence-corrected chi connectivity index (χ1v) is 4.60. The lowest BCUT2D eigenvalue weighted by molar-refractivity contribution is 0.0723. The molecule has 11 heavy (non-hydrogen) atoms. The number of ether oxygens (including phenoxy) is 1. The van der Waals surface area contributed by atoms with E-state index < -0.39 is 0 Å². The molecule has 0 aliphatic heterocycles. The van der Waals surface area contributed by atoms with Crippen LogP contribution in [0, 0.1) is 5.92 Å². The first kappa shape index (κ1) is 9.01. The molecule has 0 aromatic heterocycles. The standard InChI is InChI=1S/C9H18O2/c1-2-6-11-7-5-9(10)8-3-4-8/h8-10H,2-7H2,1H3. The minimum Gasteiger partial charge on any atom is -0.393 e. The monoisotopic (exact) mass is 158 g/mol. The van der Waals surface area contributed by atoms with Gasteiger partial charge in [0.05, 0.1) is 6.10 Å². The lowest BCUT2D eigenvalue weighted by atomic mass is 10.2. The van der Waals surface area contributed by atoms with Gasteiger partial charge in [0.2, 0.25) is 0 Å².